The molecule has 0 bridgehead atoms. The molecule has 3 nitrogen and oxygen atoms in total. The maximum absolute atomic E-state index is 5.86. The molecule has 1 aromatic rings. The Morgan fingerprint density at radius 1 is 1.40 bits per heavy atom. The van der Waals surface area contributed by atoms with Crippen LogP contribution < -0.4 is 15.4 Å². The van der Waals surface area contributed by atoms with Gasteiger partial charge >= 0.3 is 0 Å². The van der Waals surface area contributed by atoms with Crippen molar-refractivity contribution < 1.29 is 4.74 Å². The number of benzene rings is 1. The number of nitrogens with one attached hydrogen (secondary N) is 2. The second-order valence-electron chi connectivity index (χ2n) is 3.62. The lowest BCUT2D eigenvalue weighted by Gasteiger charge is -2.24. The van der Waals surface area contributed by atoms with Crippen molar-refractivity contribution in [3.8, 4) is 5.75 Å². The first kappa shape index (κ1) is 10.7. The zero-order chi connectivity index (χ0) is 10.5. The molecule has 0 spiro atoms. The summed E-state index contributed by atoms with van der Waals surface area (Å²) in [6.07, 6.45) is 0. The molecule has 1 aliphatic rings. The van der Waals surface area contributed by atoms with Crippen LogP contribution in [0.4, 0.5) is 0 Å². The summed E-state index contributed by atoms with van der Waals surface area (Å²) in [4.78, 5) is 0. The van der Waals surface area contributed by atoms with Crippen LogP contribution in [-0.4, -0.2) is 32.3 Å². The molecule has 1 heterocycles. The van der Waals surface area contributed by atoms with E-state index in [1.54, 1.807) is 0 Å². The van der Waals surface area contributed by atoms with Gasteiger partial charge in [-0.25, -0.2) is 0 Å². The molecular formula is C11H15ClN2O. The lowest BCUT2D eigenvalue weighted by Crippen LogP contribution is -2.50. The quantitative estimate of drug-likeness (QED) is 0.815. The van der Waals surface area contributed by atoms with Gasteiger partial charge < -0.3 is 15.4 Å². The van der Waals surface area contributed by atoms with Gasteiger partial charge in [0.1, 0.15) is 12.4 Å². The maximum Gasteiger partial charge on any atom is 0.120 e. The second kappa shape index (κ2) is 5.35. The van der Waals surface area contributed by atoms with Gasteiger partial charge in [0.25, 0.3) is 0 Å². The van der Waals surface area contributed by atoms with Crippen LogP contribution in [0.5, 0.6) is 5.75 Å². The van der Waals surface area contributed by atoms with E-state index in [4.69, 9.17) is 16.3 Å². The van der Waals surface area contributed by atoms with Crippen molar-refractivity contribution in [3.05, 3.63) is 29.3 Å². The molecule has 0 aliphatic carbocycles. The van der Waals surface area contributed by atoms with Crippen LogP contribution in [0.3, 0.4) is 0 Å². The molecule has 2 rings (SSSR count). The highest BCUT2D eigenvalue weighted by Gasteiger charge is 2.12. The minimum atomic E-state index is 0.387. The molecule has 0 aromatic heterocycles. The van der Waals surface area contributed by atoms with Crippen molar-refractivity contribution >= 4 is 11.6 Å². The summed E-state index contributed by atoms with van der Waals surface area (Å²) in [5, 5.41) is 7.41. The smallest absolute Gasteiger partial charge is 0.120 e. The zero-order valence-electron chi connectivity index (χ0n) is 8.50. The van der Waals surface area contributed by atoms with Gasteiger partial charge in [0, 0.05) is 24.7 Å². The molecule has 1 aliphatic heterocycles. The number of rotatable bonds is 3. The maximum atomic E-state index is 5.86. The van der Waals surface area contributed by atoms with Crippen LogP contribution in [0.25, 0.3) is 0 Å². The van der Waals surface area contributed by atoms with E-state index in [2.05, 4.69) is 10.6 Å². The van der Waals surface area contributed by atoms with Crippen LogP contribution in [0.2, 0.25) is 5.02 Å². The highest BCUT2D eigenvalue weighted by Crippen LogP contribution is 2.17. The fourth-order valence-electron chi connectivity index (χ4n) is 1.58. The van der Waals surface area contributed by atoms with Gasteiger partial charge in [0.05, 0.1) is 6.04 Å². The van der Waals surface area contributed by atoms with Crippen LogP contribution in [0, 0.1) is 0 Å². The minimum absolute atomic E-state index is 0.387. The molecule has 1 saturated heterocycles. The summed E-state index contributed by atoms with van der Waals surface area (Å²) in [5.74, 6) is 0.829. The average Bonchev–Trinajstić information content (AvgIpc) is 2.28. The number of hydrogen-bond donors (Lipinski definition) is 2. The van der Waals surface area contributed by atoms with Gasteiger partial charge in [-0.05, 0) is 18.2 Å². The van der Waals surface area contributed by atoms with Crippen molar-refractivity contribution in [2.45, 2.75) is 6.04 Å². The molecule has 0 radical (unpaired) electrons. The minimum Gasteiger partial charge on any atom is -0.492 e. The summed E-state index contributed by atoms with van der Waals surface area (Å²) in [6, 6.07) is 7.87. The van der Waals surface area contributed by atoms with E-state index < -0.39 is 0 Å². The first-order valence-corrected chi connectivity index (χ1v) is 5.55. The summed E-state index contributed by atoms with van der Waals surface area (Å²) in [5.41, 5.74) is 0. The Morgan fingerprint density at radius 3 is 3.07 bits per heavy atom. The van der Waals surface area contributed by atoms with Crippen molar-refractivity contribution in [1.82, 2.24) is 10.6 Å². The molecule has 1 unspecified atom stereocenters. The standard InChI is InChI=1S/C11H15ClN2O/c12-9-2-1-3-11(6-9)15-8-10-7-13-4-5-14-10/h1-3,6,10,13-14H,4-5,7-8H2. The van der Waals surface area contributed by atoms with Crippen LogP contribution in [-0.2, 0) is 0 Å². The third-order valence-corrected chi connectivity index (χ3v) is 2.61. The summed E-state index contributed by atoms with van der Waals surface area (Å²) >= 11 is 5.86. The van der Waals surface area contributed by atoms with E-state index in [1.165, 1.54) is 0 Å². The molecule has 1 aromatic carbocycles. The average molecular weight is 227 g/mol. The molecule has 1 fully saturated rings. The first-order chi connectivity index (χ1) is 7.34. The van der Waals surface area contributed by atoms with E-state index in [9.17, 15) is 0 Å². The Balaban J connectivity index is 1.81. The van der Waals surface area contributed by atoms with E-state index in [0.717, 1.165) is 25.4 Å². The lowest BCUT2D eigenvalue weighted by molar-refractivity contribution is 0.247. The molecule has 0 saturated carbocycles. The van der Waals surface area contributed by atoms with Crippen molar-refractivity contribution in [2.75, 3.05) is 26.2 Å². The summed E-state index contributed by atoms with van der Waals surface area (Å²) in [6.45, 7) is 3.67. The highest BCUT2D eigenvalue weighted by atomic mass is 35.5. The van der Waals surface area contributed by atoms with Gasteiger partial charge in [-0.15, -0.1) is 0 Å². The molecule has 2 N–H and O–H groups in total. The van der Waals surface area contributed by atoms with Gasteiger partial charge in [-0.3, -0.25) is 0 Å². The third-order valence-electron chi connectivity index (χ3n) is 2.37. The lowest BCUT2D eigenvalue weighted by atomic mass is 10.2. The molecule has 82 valence electrons. The van der Waals surface area contributed by atoms with Crippen LogP contribution in [0.15, 0.2) is 24.3 Å². The van der Waals surface area contributed by atoms with Crippen molar-refractivity contribution in [2.24, 2.45) is 0 Å². The normalized spacial score (nSPS) is 21.3. The Labute approximate surface area is 94.8 Å². The molecular weight excluding hydrogens is 212 g/mol. The third kappa shape index (κ3) is 3.38. The predicted molar refractivity (Wildman–Crippen MR) is 61.6 cm³/mol. The van der Waals surface area contributed by atoms with Crippen molar-refractivity contribution in [3.63, 3.8) is 0 Å². The van der Waals surface area contributed by atoms with Gasteiger partial charge in [-0.1, -0.05) is 17.7 Å². The monoisotopic (exact) mass is 226 g/mol. The van der Waals surface area contributed by atoms with Crippen molar-refractivity contribution in [1.29, 1.82) is 0 Å². The Morgan fingerprint density at radius 2 is 2.33 bits per heavy atom. The predicted octanol–water partition coefficient (Wildman–Crippen LogP) is 1.28. The highest BCUT2D eigenvalue weighted by molar-refractivity contribution is 6.30. The number of ether oxygens (including phenoxy) is 1. The first-order valence-electron chi connectivity index (χ1n) is 5.17. The molecule has 0 amide bonds. The second-order valence-corrected chi connectivity index (χ2v) is 4.06. The van der Waals surface area contributed by atoms with E-state index in [1.807, 2.05) is 24.3 Å². The number of halogens is 1. The molecule has 15 heavy (non-hydrogen) atoms. The SMILES string of the molecule is Clc1cccc(OCC2CNCCN2)c1. The molecule has 1 atom stereocenters. The van der Waals surface area contributed by atoms with Gasteiger partial charge in [0.2, 0.25) is 0 Å². The molecule has 4 heteroatoms. The number of hydrogen-bond acceptors (Lipinski definition) is 3. The van der Waals surface area contributed by atoms with Gasteiger partial charge in [0.15, 0.2) is 0 Å². The van der Waals surface area contributed by atoms with Crippen LogP contribution >= 0.6 is 11.6 Å². The fourth-order valence-corrected chi connectivity index (χ4v) is 1.76. The van der Waals surface area contributed by atoms with E-state index in [0.29, 0.717) is 17.7 Å². The Bertz CT molecular complexity index is 313. The fraction of sp³-hybridized carbons (Fsp3) is 0.455. The largest absolute Gasteiger partial charge is 0.492 e. The van der Waals surface area contributed by atoms with Crippen LogP contribution in [0.1, 0.15) is 0 Å². The van der Waals surface area contributed by atoms with Gasteiger partial charge in [-0.2, -0.15) is 0 Å². The topological polar surface area (TPSA) is 33.3 Å². The Kier molecular flexibility index (Phi) is 3.83. The van der Waals surface area contributed by atoms with E-state index >= 15 is 0 Å². The van der Waals surface area contributed by atoms with E-state index in [-0.39, 0.29) is 0 Å². The zero-order valence-corrected chi connectivity index (χ0v) is 9.26. The Hall–Kier alpha value is -0.770. The summed E-state index contributed by atoms with van der Waals surface area (Å²) in [7, 11) is 0. The number of piperazine rings is 1. The summed E-state index contributed by atoms with van der Waals surface area (Å²) < 4.78 is 5.64.